The first-order chi connectivity index (χ1) is 14.4. The number of methoxy groups -OCH3 is 1. The fourth-order valence-corrected chi connectivity index (χ4v) is 2.78. The van der Waals surface area contributed by atoms with Crippen molar-refractivity contribution in [3.05, 3.63) is 59.7 Å². The summed E-state index contributed by atoms with van der Waals surface area (Å²) in [7, 11) is 1.57. The Morgan fingerprint density at radius 1 is 1.00 bits per heavy atom. The van der Waals surface area contributed by atoms with Crippen molar-refractivity contribution in [1.29, 1.82) is 0 Å². The fraction of sp³-hybridized carbons (Fsp3) is 0.238. The van der Waals surface area contributed by atoms with Crippen molar-refractivity contribution >= 4 is 40.7 Å². The minimum Gasteiger partial charge on any atom is -0.497 e. The van der Waals surface area contributed by atoms with E-state index in [1.54, 1.807) is 55.6 Å². The topological polar surface area (TPSA) is 109 Å². The van der Waals surface area contributed by atoms with E-state index < -0.39 is 5.91 Å². The average molecular weight is 426 g/mol. The molecule has 0 spiro atoms. The van der Waals surface area contributed by atoms with Crippen LogP contribution in [-0.4, -0.2) is 29.9 Å². The lowest BCUT2D eigenvalue weighted by atomic mass is 10.1. The number of hydrazine groups is 1. The van der Waals surface area contributed by atoms with Crippen molar-refractivity contribution in [2.75, 3.05) is 12.4 Å². The van der Waals surface area contributed by atoms with E-state index in [0.29, 0.717) is 17.0 Å². The zero-order valence-electron chi connectivity index (χ0n) is 16.4. The lowest BCUT2D eigenvalue weighted by molar-refractivity contribution is -0.119. The van der Waals surface area contributed by atoms with Gasteiger partial charge < -0.3 is 15.4 Å². The standard InChI is InChI=1S/C21H22N4O4S/c1-29-17-10-2-13(3-11-17)12-18(26)23-21(30)25-24-20(28)15-6-8-16(9-7-15)22-19(27)14-4-5-14/h2-3,6-11,14H,4-5,12H2,1H3,(H,22,27)(H,24,28)(H2,23,25,26,30). The van der Waals surface area contributed by atoms with Crippen LogP contribution in [0.25, 0.3) is 0 Å². The SMILES string of the molecule is COc1ccc(CC(=O)NC(=S)NNC(=O)c2ccc(NC(=O)C3CC3)cc2)cc1. The number of carbonyl (C=O) groups excluding carboxylic acids is 3. The summed E-state index contributed by atoms with van der Waals surface area (Å²) in [5.74, 6) is 0.0737. The van der Waals surface area contributed by atoms with Crippen LogP contribution in [0.15, 0.2) is 48.5 Å². The quantitative estimate of drug-likeness (QED) is 0.415. The highest BCUT2D eigenvalue weighted by molar-refractivity contribution is 7.80. The summed E-state index contributed by atoms with van der Waals surface area (Å²) in [6.07, 6.45) is 1.98. The van der Waals surface area contributed by atoms with E-state index in [0.717, 1.165) is 18.4 Å². The first-order valence-corrected chi connectivity index (χ1v) is 9.79. The Bertz CT molecular complexity index is 940. The van der Waals surface area contributed by atoms with Gasteiger partial charge in [0.15, 0.2) is 5.11 Å². The number of amides is 3. The largest absolute Gasteiger partial charge is 0.497 e. The van der Waals surface area contributed by atoms with Gasteiger partial charge in [-0.25, -0.2) is 0 Å². The summed E-state index contributed by atoms with van der Waals surface area (Å²) in [5, 5.41) is 5.29. The van der Waals surface area contributed by atoms with Gasteiger partial charge in [-0.2, -0.15) is 0 Å². The minimum absolute atomic E-state index is 0.00426. The number of thiocarbonyl (C=S) groups is 1. The fourth-order valence-electron chi connectivity index (χ4n) is 2.61. The molecule has 1 saturated carbocycles. The summed E-state index contributed by atoms with van der Waals surface area (Å²) in [6.45, 7) is 0. The minimum atomic E-state index is -0.429. The lowest BCUT2D eigenvalue weighted by Gasteiger charge is -2.11. The first kappa shape index (κ1) is 21.3. The molecule has 4 N–H and O–H groups in total. The van der Waals surface area contributed by atoms with Crippen LogP contribution < -0.4 is 26.2 Å². The normalized spacial score (nSPS) is 12.4. The van der Waals surface area contributed by atoms with E-state index in [-0.39, 0.29) is 29.3 Å². The molecular formula is C21H22N4O4S. The van der Waals surface area contributed by atoms with Gasteiger partial charge in [-0.15, -0.1) is 0 Å². The van der Waals surface area contributed by atoms with Gasteiger partial charge in [0.25, 0.3) is 5.91 Å². The van der Waals surface area contributed by atoms with E-state index >= 15 is 0 Å². The van der Waals surface area contributed by atoms with Gasteiger partial charge in [0.05, 0.1) is 13.5 Å². The van der Waals surface area contributed by atoms with Crippen LogP contribution in [0, 0.1) is 5.92 Å². The van der Waals surface area contributed by atoms with Crippen LogP contribution in [0.3, 0.4) is 0 Å². The summed E-state index contributed by atoms with van der Waals surface area (Å²) in [5.41, 5.74) is 6.73. The molecule has 9 heteroatoms. The smallest absolute Gasteiger partial charge is 0.269 e. The molecule has 30 heavy (non-hydrogen) atoms. The van der Waals surface area contributed by atoms with Crippen LogP contribution in [0.1, 0.15) is 28.8 Å². The predicted molar refractivity (Wildman–Crippen MR) is 116 cm³/mol. The van der Waals surface area contributed by atoms with Crippen molar-refractivity contribution in [3.63, 3.8) is 0 Å². The number of benzene rings is 2. The van der Waals surface area contributed by atoms with Gasteiger partial charge in [0.1, 0.15) is 5.75 Å². The summed E-state index contributed by atoms with van der Waals surface area (Å²) < 4.78 is 5.07. The van der Waals surface area contributed by atoms with Crippen molar-refractivity contribution in [3.8, 4) is 5.75 Å². The molecule has 0 unspecified atom stereocenters. The lowest BCUT2D eigenvalue weighted by Crippen LogP contribution is -2.48. The summed E-state index contributed by atoms with van der Waals surface area (Å²) >= 11 is 5.03. The maximum atomic E-state index is 12.2. The molecule has 0 heterocycles. The molecule has 0 aromatic heterocycles. The number of ether oxygens (including phenoxy) is 1. The van der Waals surface area contributed by atoms with Crippen LogP contribution in [-0.2, 0) is 16.0 Å². The maximum Gasteiger partial charge on any atom is 0.269 e. The second-order valence-electron chi connectivity index (χ2n) is 6.82. The van der Waals surface area contributed by atoms with Crippen LogP contribution in [0.5, 0.6) is 5.75 Å². The molecular weight excluding hydrogens is 404 g/mol. The molecule has 2 aromatic carbocycles. The van der Waals surface area contributed by atoms with Gasteiger partial charge >= 0.3 is 0 Å². The van der Waals surface area contributed by atoms with Gasteiger partial charge in [-0.05, 0) is 67.0 Å². The Morgan fingerprint density at radius 2 is 1.67 bits per heavy atom. The first-order valence-electron chi connectivity index (χ1n) is 9.38. The molecule has 0 aliphatic heterocycles. The van der Waals surface area contributed by atoms with E-state index in [2.05, 4.69) is 21.5 Å². The highest BCUT2D eigenvalue weighted by Crippen LogP contribution is 2.30. The van der Waals surface area contributed by atoms with Crippen LogP contribution >= 0.6 is 12.2 Å². The number of anilines is 1. The molecule has 0 radical (unpaired) electrons. The predicted octanol–water partition coefficient (Wildman–Crippen LogP) is 1.92. The third kappa shape index (κ3) is 6.28. The monoisotopic (exact) mass is 426 g/mol. The Hall–Kier alpha value is -3.46. The van der Waals surface area contributed by atoms with E-state index in [9.17, 15) is 14.4 Å². The third-order valence-electron chi connectivity index (χ3n) is 4.43. The zero-order chi connectivity index (χ0) is 21.5. The third-order valence-corrected chi connectivity index (χ3v) is 4.63. The van der Waals surface area contributed by atoms with Crippen molar-refractivity contribution in [1.82, 2.24) is 16.2 Å². The van der Waals surface area contributed by atoms with Gasteiger partial charge in [-0.1, -0.05) is 12.1 Å². The van der Waals surface area contributed by atoms with Gasteiger partial charge in [-0.3, -0.25) is 25.2 Å². The highest BCUT2D eigenvalue weighted by Gasteiger charge is 2.29. The van der Waals surface area contributed by atoms with E-state index in [4.69, 9.17) is 17.0 Å². The molecule has 1 aliphatic rings. The highest BCUT2D eigenvalue weighted by atomic mass is 32.1. The average Bonchev–Trinajstić information content (AvgIpc) is 3.58. The molecule has 1 fully saturated rings. The number of nitrogens with one attached hydrogen (secondary N) is 4. The van der Waals surface area contributed by atoms with E-state index in [1.807, 2.05) is 0 Å². The van der Waals surface area contributed by atoms with Crippen molar-refractivity contribution in [2.45, 2.75) is 19.3 Å². The second kappa shape index (κ2) is 9.84. The molecule has 3 amide bonds. The molecule has 2 aromatic rings. The molecule has 3 rings (SSSR count). The van der Waals surface area contributed by atoms with Crippen molar-refractivity contribution in [2.24, 2.45) is 5.92 Å². The van der Waals surface area contributed by atoms with Gasteiger partial charge in [0, 0.05) is 17.2 Å². The Kier molecular flexibility index (Phi) is 6.97. The number of hydrogen-bond acceptors (Lipinski definition) is 5. The number of rotatable bonds is 6. The molecule has 8 nitrogen and oxygen atoms in total. The number of hydrogen-bond donors (Lipinski definition) is 4. The molecule has 0 atom stereocenters. The summed E-state index contributed by atoms with van der Waals surface area (Å²) in [6, 6.07) is 13.6. The Balaban J connectivity index is 1.41. The van der Waals surface area contributed by atoms with Gasteiger partial charge in [0.2, 0.25) is 11.8 Å². The van der Waals surface area contributed by atoms with E-state index in [1.165, 1.54) is 0 Å². The molecule has 0 saturated heterocycles. The van der Waals surface area contributed by atoms with Crippen molar-refractivity contribution < 1.29 is 19.1 Å². The molecule has 156 valence electrons. The maximum absolute atomic E-state index is 12.2. The van der Waals surface area contributed by atoms with Crippen LogP contribution in [0.2, 0.25) is 0 Å². The molecule has 0 bridgehead atoms. The number of carbonyl (C=O) groups is 3. The Morgan fingerprint density at radius 3 is 2.27 bits per heavy atom. The zero-order valence-corrected chi connectivity index (χ0v) is 17.2. The second-order valence-corrected chi connectivity index (χ2v) is 7.23. The van der Waals surface area contributed by atoms with Crippen LogP contribution in [0.4, 0.5) is 5.69 Å². The summed E-state index contributed by atoms with van der Waals surface area (Å²) in [4.78, 5) is 36.0. The molecule has 1 aliphatic carbocycles. The Labute approximate surface area is 179 Å².